The van der Waals surface area contributed by atoms with Gasteiger partial charge >= 0.3 is 0 Å². The third-order valence-electron chi connectivity index (χ3n) is 4.00. The number of piperazine rings is 1. The van der Waals surface area contributed by atoms with E-state index in [2.05, 4.69) is 29.0 Å². The summed E-state index contributed by atoms with van der Waals surface area (Å²) in [5.41, 5.74) is 0. The molecule has 0 radical (unpaired) electrons. The van der Waals surface area contributed by atoms with Crippen LogP contribution < -0.4 is 5.32 Å². The van der Waals surface area contributed by atoms with E-state index < -0.39 is 0 Å². The van der Waals surface area contributed by atoms with Crippen molar-refractivity contribution in [2.75, 3.05) is 59.0 Å². The van der Waals surface area contributed by atoms with Gasteiger partial charge in [0.1, 0.15) is 0 Å². The summed E-state index contributed by atoms with van der Waals surface area (Å²) >= 11 is 0. The van der Waals surface area contributed by atoms with Gasteiger partial charge in [-0.15, -0.1) is 0 Å². The van der Waals surface area contributed by atoms with Crippen molar-refractivity contribution < 1.29 is 4.74 Å². The second-order valence-corrected chi connectivity index (χ2v) is 5.99. The first kappa shape index (κ1) is 14.3. The Morgan fingerprint density at radius 2 is 1.89 bits per heavy atom. The van der Waals surface area contributed by atoms with E-state index in [0.717, 1.165) is 44.8 Å². The van der Waals surface area contributed by atoms with Crippen molar-refractivity contribution in [1.29, 1.82) is 0 Å². The van der Waals surface area contributed by atoms with E-state index in [1.54, 1.807) is 0 Å². The van der Waals surface area contributed by atoms with Gasteiger partial charge in [0.2, 0.25) is 0 Å². The molecule has 2 rings (SSSR count). The van der Waals surface area contributed by atoms with Crippen LogP contribution in [0.25, 0.3) is 0 Å². The maximum atomic E-state index is 5.67. The summed E-state index contributed by atoms with van der Waals surface area (Å²) in [7, 11) is 0. The topological polar surface area (TPSA) is 27.7 Å². The zero-order valence-corrected chi connectivity index (χ0v) is 12.0. The molecular weight excluding hydrogens is 226 g/mol. The molecular formula is C14H29N3O. The molecule has 2 saturated heterocycles. The Hall–Kier alpha value is -0.160. The van der Waals surface area contributed by atoms with Crippen molar-refractivity contribution in [2.45, 2.75) is 26.3 Å². The van der Waals surface area contributed by atoms with Crippen LogP contribution in [-0.4, -0.2) is 74.9 Å². The Labute approximate surface area is 112 Å². The second-order valence-electron chi connectivity index (χ2n) is 5.99. The molecule has 0 unspecified atom stereocenters. The van der Waals surface area contributed by atoms with Gasteiger partial charge in [0.25, 0.3) is 0 Å². The molecule has 0 atom stereocenters. The maximum absolute atomic E-state index is 5.67. The van der Waals surface area contributed by atoms with Crippen LogP contribution in [0.5, 0.6) is 0 Å². The molecule has 0 aromatic carbocycles. The summed E-state index contributed by atoms with van der Waals surface area (Å²) < 4.78 is 5.67. The molecule has 0 aromatic rings. The lowest BCUT2D eigenvalue weighted by Gasteiger charge is -2.46. The molecule has 2 aliphatic heterocycles. The van der Waals surface area contributed by atoms with Crippen molar-refractivity contribution in [2.24, 2.45) is 5.92 Å². The van der Waals surface area contributed by atoms with E-state index >= 15 is 0 Å². The Morgan fingerprint density at radius 3 is 2.56 bits per heavy atom. The third-order valence-corrected chi connectivity index (χ3v) is 4.00. The highest BCUT2D eigenvalue weighted by atomic mass is 16.5. The van der Waals surface area contributed by atoms with E-state index in [1.165, 1.54) is 32.6 Å². The minimum absolute atomic E-state index is 0.756. The average Bonchev–Trinajstić information content (AvgIpc) is 2.32. The first-order valence-electron chi connectivity index (χ1n) is 7.50. The number of nitrogens with one attached hydrogen (secondary N) is 1. The standard InChI is InChI=1S/C14H29N3O/c1-13(2)3-9-18-10-8-16-11-14(12-16)17-6-4-15-5-7-17/h13-15H,3-12H2,1-2H3. The number of nitrogens with zero attached hydrogens (tertiary/aromatic N) is 2. The van der Waals surface area contributed by atoms with E-state index in [-0.39, 0.29) is 0 Å². The van der Waals surface area contributed by atoms with Gasteiger partial charge in [-0.1, -0.05) is 13.8 Å². The fourth-order valence-corrected chi connectivity index (χ4v) is 2.62. The van der Waals surface area contributed by atoms with Gasteiger partial charge in [-0.3, -0.25) is 9.80 Å². The molecule has 0 aliphatic carbocycles. The van der Waals surface area contributed by atoms with Gasteiger partial charge in [0.05, 0.1) is 6.61 Å². The molecule has 4 nitrogen and oxygen atoms in total. The Kier molecular flexibility index (Phi) is 5.89. The lowest BCUT2D eigenvalue weighted by Crippen LogP contribution is -2.63. The van der Waals surface area contributed by atoms with Crippen LogP contribution in [-0.2, 0) is 4.74 Å². The molecule has 1 N–H and O–H groups in total. The van der Waals surface area contributed by atoms with Crippen LogP contribution in [0, 0.1) is 5.92 Å². The van der Waals surface area contributed by atoms with Gasteiger partial charge in [-0.2, -0.15) is 0 Å². The molecule has 0 aromatic heterocycles. The number of hydrogen-bond acceptors (Lipinski definition) is 4. The average molecular weight is 255 g/mol. The first-order chi connectivity index (χ1) is 8.75. The van der Waals surface area contributed by atoms with Crippen LogP contribution in [0.1, 0.15) is 20.3 Å². The van der Waals surface area contributed by atoms with Crippen molar-refractivity contribution in [3.05, 3.63) is 0 Å². The van der Waals surface area contributed by atoms with Crippen LogP contribution >= 0.6 is 0 Å². The van der Waals surface area contributed by atoms with Gasteiger partial charge < -0.3 is 10.1 Å². The fourth-order valence-electron chi connectivity index (χ4n) is 2.62. The van der Waals surface area contributed by atoms with Gasteiger partial charge in [-0.25, -0.2) is 0 Å². The Morgan fingerprint density at radius 1 is 1.17 bits per heavy atom. The van der Waals surface area contributed by atoms with E-state index in [0.29, 0.717) is 0 Å². The lowest BCUT2D eigenvalue weighted by atomic mass is 10.1. The lowest BCUT2D eigenvalue weighted by molar-refractivity contribution is 0.00585. The number of hydrogen-bond donors (Lipinski definition) is 1. The molecule has 2 heterocycles. The fraction of sp³-hybridized carbons (Fsp3) is 1.00. The molecule has 0 saturated carbocycles. The summed E-state index contributed by atoms with van der Waals surface area (Å²) in [5, 5.41) is 3.41. The normalized spacial score (nSPS) is 23.5. The summed E-state index contributed by atoms with van der Waals surface area (Å²) in [6, 6.07) is 0.808. The second kappa shape index (κ2) is 7.43. The molecule has 18 heavy (non-hydrogen) atoms. The van der Waals surface area contributed by atoms with Crippen molar-refractivity contribution in [3.63, 3.8) is 0 Å². The molecule has 0 bridgehead atoms. The highest BCUT2D eigenvalue weighted by Crippen LogP contribution is 2.14. The Bertz CT molecular complexity index is 223. The summed E-state index contributed by atoms with van der Waals surface area (Å²) in [6.07, 6.45) is 1.18. The molecule has 4 heteroatoms. The van der Waals surface area contributed by atoms with Crippen molar-refractivity contribution in [1.82, 2.24) is 15.1 Å². The Balaban J connectivity index is 1.46. The van der Waals surface area contributed by atoms with Crippen molar-refractivity contribution in [3.8, 4) is 0 Å². The molecule has 0 amide bonds. The monoisotopic (exact) mass is 255 g/mol. The molecule has 0 spiro atoms. The predicted molar refractivity (Wildman–Crippen MR) is 74.9 cm³/mol. The van der Waals surface area contributed by atoms with Crippen LogP contribution in [0.3, 0.4) is 0 Å². The highest BCUT2D eigenvalue weighted by Gasteiger charge is 2.31. The summed E-state index contributed by atoms with van der Waals surface area (Å²) in [5.74, 6) is 0.756. The highest BCUT2D eigenvalue weighted by molar-refractivity contribution is 4.89. The number of likely N-dealkylation sites (tertiary alicyclic amines) is 1. The summed E-state index contributed by atoms with van der Waals surface area (Å²) in [4.78, 5) is 5.15. The van der Waals surface area contributed by atoms with Gasteiger partial charge in [0.15, 0.2) is 0 Å². The van der Waals surface area contributed by atoms with Crippen LogP contribution in [0.15, 0.2) is 0 Å². The van der Waals surface area contributed by atoms with Crippen LogP contribution in [0.2, 0.25) is 0 Å². The minimum atomic E-state index is 0.756. The number of rotatable bonds is 7. The van der Waals surface area contributed by atoms with Gasteiger partial charge in [-0.05, 0) is 12.3 Å². The van der Waals surface area contributed by atoms with Gasteiger partial charge in [0, 0.05) is 58.5 Å². The van der Waals surface area contributed by atoms with E-state index in [9.17, 15) is 0 Å². The SMILES string of the molecule is CC(C)CCOCCN1CC(N2CCNCC2)C1. The van der Waals surface area contributed by atoms with E-state index in [4.69, 9.17) is 4.74 Å². The minimum Gasteiger partial charge on any atom is -0.380 e. The number of ether oxygens (including phenoxy) is 1. The van der Waals surface area contributed by atoms with E-state index in [1.807, 2.05) is 0 Å². The molecule has 2 aliphatic rings. The molecule has 2 fully saturated rings. The zero-order chi connectivity index (χ0) is 12.8. The van der Waals surface area contributed by atoms with Crippen LogP contribution in [0.4, 0.5) is 0 Å². The molecule has 106 valence electrons. The predicted octanol–water partition coefficient (Wildman–Crippen LogP) is 0.639. The quantitative estimate of drug-likeness (QED) is 0.676. The maximum Gasteiger partial charge on any atom is 0.0593 e. The first-order valence-corrected chi connectivity index (χ1v) is 7.50. The summed E-state index contributed by atoms with van der Waals surface area (Å²) in [6.45, 7) is 14.7. The smallest absolute Gasteiger partial charge is 0.0593 e. The van der Waals surface area contributed by atoms with Crippen molar-refractivity contribution >= 4 is 0 Å². The largest absolute Gasteiger partial charge is 0.380 e. The third kappa shape index (κ3) is 4.50. The zero-order valence-electron chi connectivity index (χ0n) is 12.0.